The van der Waals surface area contributed by atoms with Gasteiger partial charge in [0.1, 0.15) is 11.9 Å². The lowest BCUT2D eigenvalue weighted by Crippen LogP contribution is -2.13. The van der Waals surface area contributed by atoms with Crippen LogP contribution < -0.4 is 5.32 Å². The van der Waals surface area contributed by atoms with Crippen LogP contribution in [0.3, 0.4) is 0 Å². The fraction of sp³-hybridized carbons (Fsp3) is 0. The minimum atomic E-state index is -0.678. The highest BCUT2D eigenvalue weighted by molar-refractivity contribution is 6.01. The lowest BCUT2D eigenvalue weighted by Gasteiger charge is -2.03. The van der Waals surface area contributed by atoms with Crippen LogP contribution in [-0.4, -0.2) is 16.1 Å². The highest BCUT2D eigenvalue weighted by atomic mass is 19.1. The van der Waals surface area contributed by atoms with Crippen LogP contribution >= 0.6 is 0 Å². The van der Waals surface area contributed by atoms with Crippen molar-refractivity contribution >= 4 is 11.6 Å². The molecule has 0 bridgehead atoms. The molecular formula is C16H9FN4O2. The molecule has 0 aliphatic carbocycles. The largest absolute Gasteiger partial charge is 0.412 e. The van der Waals surface area contributed by atoms with E-state index in [1.165, 1.54) is 18.2 Å². The summed E-state index contributed by atoms with van der Waals surface area (Å²) in [5, 5.41) is 18.8. The Morgan fingerprint density at radius 1 is 1.13 bits per heavy atom. The molecule has 7 heteroatoms. The molecule has 2 aromatic carbocycles. The first-order valence-electron chi connectivity index (χ1n) is 6.58. The Labute approximate surface area is 130 Å². The molecule has 1 N–H and O–H groups in total. The number of carbonyl (C=O) groups excluding carboxylic acids is 1. The van der Waals surface area contributed by atoms with Gasteiger partial charge >= 0.3 is 11.8 Å². The van der Waals surface area contributed by atoms with Crippen LogP contribution in [0.25, 0.3) is 11.5 Å². The molecule has 23 heavy (non-hydrogen) atoms. The minimum absolute atomic E-state index is 0.0955. The standard InChI is InChI=1S/C16H9FN4O2/c17-12-7-3-2-6-11(12)15-20-21-16(23-15)14(22)19-13-8-4-1-5-10(13)9-18/h1-8H,(H,19,22). The molecular weight excluding hydrogens is 299 g/mol. The molecule has 0 saturated carbocycles. The number of nitrogens with zero attached hydrogens (tertiary/aromatic N) is 3. The van der Waals surface area contributed by atoms with Crippen molar-refractivity contribution < 1.29 is 13.6 Å². The Morgan fingerprint density at radius 3 is 2.65 bits per heavy atom. The number of para-hydroxylation sites is 1. The fourth-order valence-corrected chi connectivity index (χ4v) is 1.92. The van der Waals surface area contributed by atoms with Crippen molar-refractivity contribution in [3.8, 4) is 17.5 Å². The molecule has 1 amide bonds. The lowest BCUT2D eigenvalue weighted by molar-refractivity contribution is 0.0990. The second kappa shape index (κ2) is 6.07. The molecule has 1 heterocycles. The number of benzene rings is 2. The van der Waals surface area contributed by atoms with Gasteiger partial charge in [-0.2, -0.15) is 5.26 Å². The van der Waals surface area contributed by atoms with Crippen LogP contribution in [-0.2, 0) is 0 Å². The smallest absolute Gasteiger partial charge is 0.313 e. The summed E-state index contributed by atoms with van der Waals surface area (Å²) in [5.74, 6) is -1.63. The second-order valence-corrected chi connectivity index (χ2v) is 4.50. The normalized spacial score (nSPS) is 10.1. The number of hydrogen-bond acceptors (Lipinski definition) is 5. The van der Waals surface area contributed by atoms with Gasteiger partial charge in [0.05, 0.1) is 16.8 Å². The van der Waals surface area contributed by atoms with E-state index >= 15 is 0 Å². The number of hydrogen-bond donors (Lipinski definition) is 1. The van der Waals surface area contributed by atoms with Crippen molar-refractivity contribution in [3.63, 3.8) is 0 Å². The van der Waals surface area contributed by atoms with Gasteiger partial charge in [-0.15, -0.1) is 10.2 Å². The zero-order chi connectivity index (χ0) is 16.2. The summed E-state index contributed by atoms with van der Waals surface area (Å²) in [6.07, 6.45) is 0. The number of amides is 1. The molecule has 0 saturated heterocycles. The van der Waals surface area contributed by atoms with Crippen molar-refractivity contribution in [1.29, 1.82) is 5.26 Å². The average Bonchev–Trinajstić information content (AvgIpc) is 3.05. The van der Waals surface area contributed by atoms with Gasteiger partial charge in [-0.05, 0) is 24.3 Å². The van der Waals surface area contributed by atoms with Crippen LogP contribution in [0.4, 0.5) is 10.1 Å². The number of nitrogens with one attached hydrogen (secondary N) is 1. The predicted molar refractivity (Wildman–Crippen MR) is 78.8 cm³/mol. The molecule has 0 atom stereocenters. The number of carbonyl (C=O) groups is 1. The zero-order valence-corrected chi connectivity index (χ0v) is 11.7. The maximum atomic E-state index is 13.7. The van der Waals surface area contributed by atoms with E-state index in [0.29, 0.717) is 11.3 Å². The topological polar surface area (TPSA) is 91.8 Å². The third-order valence-corrected chi connectivity index (χ3v) is 3.02. The highest BCUT2D eigenvalue weighted by Gasteiger charge is 2.18. The first kappa shape index (κ1) is 14.4. The van der Waals surface area contributed by atoms with Gasteiger partial charge < -0.3 is 9.73 Å². The van der Waals surface area contributed by atoms with Crippen LogP contribution in [0.5, 0.6) is 0 Å². The van der Waals surface area contributed by atoms with E-state index < -0.39 is 11.7 Å². The van der Waals surface area contributed by atoms with Gasteiger partial charge in [0.15, 0.2) is 0 Å². The Morgan fingerprint density at radius 2 is 1.87 bits per heavy atom. The lowest BCUT2D eigenvalue weighted by atomic mass is 10.2. The summed E-state index contributed by atoms with van der Waals surface area (Å²) in [4.78, 5) is 12.1. The maximum Gasteiger partial charge on any atom is 0.313 e. The van der Waals surface area contributed by atoms with E-state index in [4.69, 9.17) is 9.68 Å². The molecule has 0 unspecified atom stereocenters. The Balaban J connectivity index is 1.85. The first-order valence-corrected chi connectivity index (χ1v) is 6.58. The number of anilines is 1. The third-order valence-electron chi connectivity index (χ3n) is 3.02. The highest BCUT2D eigenvalue weighted by Crippen LogP contribution is 2.21. The van der Waals surface area contributed by atoms with Crippen molar-refractivity contribution in [2.75, 3.05) is 5.32 Å². The summed E-state index contributed by atoms with van der Waals surface area (Å²) in [6, 6.07) is 14.3. The van der Waals surface area contributed by atoms with Crippen molar-refractivity contribution in [2.24, 2.45) is 0 Å². The monoisotopic (exact) mass is 308 g/mol. The van der Waals surface area contributed by atoms with E-state index in [2.05, 4.69) is 15.5 Å². The number of rotatable bonds is 3. The van der Waals surface area contributed by atoms with Gasteiger partial charge in [-0.1, -0.05) is 24.3 Å². The summed E-state index contributed by atoms with van der Waals surface area (Å²) in [6.45, 7) is 0. The Hall–Kier alpha value is -3.53. The van der Waals surface area contributed by atoms with Crippen molar-refractivity contribution in [2.45, 2.75) is 0 Å². The van der Waals surface area contributed by atoms with Crippen LogP contribution in [0.15, 0.2) is 52.9 Å². The van der Waals surface area contributed by atoms with Gasteiger partial charge in [0.2, 0.25) is 0 Å². The van der Waals surface area contributed by atoms with Crippen LogP contribution in [0.1, 0.15) is 16.2 Å². The second-order valence-electron chi connectivity index (χ2n) is 4.50. The molecule has 3 rings (SSSR count). The molecule has 0 aliphatic rings. The van der Waals surface area contributed by atoms with E-state index in [1.54, 1.807) is 30.3 Å². The predicted octanol–water partition coefficient (Wildman–Crippen LogP) is 3.00. The summed E-state index contributed by atoms with van der Waals surface area (Å²) >= 11 is 0. The Kier molecular flexibility index (Phi) is 3.80. The van der Waals surface area contributed by atoms with Gasteiger partial charge in [-0.3, -0.25) is 4.79 Å². The van der Waals surface area contributed by atoms with Crippen LogP contribution in [0, 0.1) is 17.1 Å². The third kappa shape index (κ3) is 2.91. The molecule has 1 aromatic heterocycles. The molecule has 0 aliphatic heterocycles. The van der Waals surface area contributed by atoms with E-state index in [0.717, 1.165) is 0 Å². The number of aromatic nitrogens is 2. The molecule has 0 fully saturated rings. The van der Waals surface area contributed by atoms with Gasteiger partial charge in [0, 0.05) is 0 Å². The van der Waals surface area contributed by atoms with Crippen molar-refractivity contribution in [3.05, 3.63) is 65.8 Å². The minimum Gasteiger partial charge on any atom is -0.412 e. The fourth-order valence-electron chi connectivity index (χ4n) is 1.92. The van der Waals surface area contributed by atoms with E-state index in [-0.39, 0.29) is 17.3 Å². The van der Waals surface area contributed by atoms with Gasteiger partial charge in [-0.25, -0.2) is 4.39 Å². The van der Waals surface area contributed by atoms with Crippen LogP contribution in [0.2, 0.25) is 0 Å². The molecule has 3 aromatic rings. The summed E-state index contributed by atoms with van der Waals surface area (Å²) < 4.78 is 18.9. The molecule has 112 valence electrons. The quantitative estimate of drug-likeness (QED) is 0.803. The molecule has 0 radical (unpaired) electrons. The van der Waals surface area contributed by atoms with E-state index in [1.807, 2.05) is 6.07 Å². The zero-order valence-electron chi connectivity index (χ0n) is 11.7. The Bertz CT molecular complexity index is 914. The summed E-state index contributed by atoms with van der Waals surface area (Å²) in [7, 11) is 0. The van der Waals surface area contributed by atoms with Gasteiger partial charge in [0.25, 0.3) is 5.89 Å². The molecule has 6 nitrogen and oxygen atoms in total. The molecule has 0 spiro atoms. The SMILES string of the molecule is N#Cc1ccccc1NC(=O)c1nnc(-c2ccccc2F)o1. The first-order chi connectivity index (χ1) is 11.2. The number of nitriles is 1. The van der Waals surface area contributed by atoms with Crippen molar-refractivity contribution in [1.82, 2.24) is 10.2 Å². The maximum absolute atomic E-state index is 13.7. The average molecular weight is 308 g/mol. The number of halogens is 1. The van der Waals surface area contributed by atoms with E-state index in [9.17, 15) is 9.18 Å². The summed E-state index contributed by atoms with van der Waals surface area (Å²) in [5.41, 5.74) is 0.733.